The van der Waals surface area contributed by atoms with Crippen LogP contribution in [-0.2, 0) is 6.54 Å². The van der Waals surface area contributed by atoms with Crippen LogP contribution in [0.15, 0.2) is 24.3 Å². The maximum atomic E-state index is 12.3. The maximum absolute atomic E-state index is 12.3. The summed E-state index contributed by atoms with van der Waals surface area (Å²) in [5.41, 5.74) is 1.11. The number of carbonyl (C=O) groups excluding carboxylic acids is 1. The predicted molar refractivity (Wildman–Crippen MR) is 89.0 cm³/mol. The van der Waals surface area contributed by atoms with Gasteiger partial charge in [0.15, 0.2) is 0 Å². The van der Waals surface area contributed by atoms with E-state index in [-0.39, 0.29) is 6.03 Å². The first kappa shape index (κ1) is 16.7. The quantitative estimate of drug-likeness (QED) is 0.899. The van der Waals surface area contributed by atoms with E-state index in [2.05, 4.69) is 12.2 Å². The van der Waals surface area contributed by atoms with Crippen LogP contribution in [0.25, 0.3) is 0 Å². The fraction of sp³-hybridized carbons (Fsp3) is 0.611. The molecule has 1 N–H and O–H groups in total. The Hall–Kier alpha value is -1.71. The summed E-state index contributed by atoms with van der Waals surface area (Å²) in [5, 5.41) is 3.18. The maximum Gasteiger partial charge on any atom is 0.317 e. The zero-order chi connectivity index (χ0) is 15.9. The van der Waals surface area contributed by atoms with Crippen molar-refractivity contribution in [3.63, 3.8) is 0 Å². The van der Waals surface area contributed by atoms with Crippen molar-refractivity contribution in [1.29, 1.82) is 0 Å². The molecule has 0 heterocycles. The first-order valence-corrected chi connectivity index (χ1v) is 8.33. The van der Waals surface area contributed by atoms with Crippen LogP contribution in [0, 0.1) is 5.92 Å². The summed E-state index contributed by atoms with van der Waals surface area (Å²) in [6.45, 7) is 5.48. The van der Waals surface area contributed by atoms with E-state index in [9.17, 15) is 4.79 Å². The molecule has 4 heteroatoms. The van der Waals surface area contributed by atoms with E-state index in [1.54, 1.807) is 4.90 Å². The molecule has 22 heavy (non-hydrogen) atoms. The van der Waals surface area contributed by atoms with E-state index < -0.39 is 0 Å². The minimum atomic E-state index is 0.0210. The van der Waals surface area contributed by atoms with E-state index in [0.29, 0.717) is 25.1 Å². The second-order valence-corrected chi connectivity index (χ2v) is 6.25. The van der Waals surface area contributed by atoms with Crippen LogP contribution in [0.2, 0.25) is 0 Å². The molecular weight excluding hydrogens is 276 g/mol. The topological polar surface area (TPSA) is 41.6 Å². The first-order chi connectivity index (χ1) is 10.6. The van der Waals surface area contributed by atoms with Crippen LogP contribution in [0.5, 0.6) is 5.75 Å². The number of hydrogen-bond acceptors (Lipinski definition) is 2. The van der Waals surface area contributed by atoms with Gasteiger partial charge in [0.25, 0.3) is 0 Å². The molecule has 1 fully saturated rings. The normalized spacial score (nSPS) is 21.2. The summed E-state index contributed by atoms with van der Waals surface area (Å²) in [7, 11) is 1.85. The van der Waals surface area contributed by atoms with E-state index >= 15 is 0 Å². The van der Waals surface area contributed by atoms with E-state index in [1.165, 1.54) is 19.3 Å². The van der Waals surface area contributed by atoms with Gasteiger partial charge in [0.05, 0.1) is 6.61 Å². The van der Waals surface area contributed by atoms with Gasteiger partial charge in [-0.2, -0.15) is 0 Å². The van der Waals surface area contributed by atoms with Crippen molar-refractivity contribution in [1.82, 2.24) is 10.2 Å². The van der Waals surface area contributed by atoms with Crippen molar-refractivity contribution >= 4 is 6.03 Å². The number of nitrogens with one attached hydrogen (secondary N) is 1. The Kier molecular flexibility index (Phi) is 6.10. The Morgan fingerprint density at radius 2 is 1.95 bits per heavy atom. The Balaban J connectivity index is 1.85. The van der Waals surface area contributed by atoms with Gasteiger partial charge in [-0.1, -0.05) is 31.9 Å². The van der Waals surface area contributed by atoms with Crippen molar-refractivity contribution in [3.05, 3.63) is 29.8 Å². The van der Waals surface area contributed by atoms with Crippen LogP contribution in [0.3, 0.4) is 0 Å². The van der Waals surface area contributed by atoms with E-state index in [1.807, 2.05) is 38.2 Å². The fourth-order valence-electron chi connectivity index (χ4n) is 3.00. The lowest BCUT2D eigenvalue weighted by Crippen LogP contribution is -2.46. The highest BCUT2D eigenvalue weighted by Gasteiger charge is 2.23. The molecule has 1 aliphatic carbocycles. The van der Waals surface area contributed by atoms with E-state index in [0.717, 1.165) is 17.7 Å². The number of carbonyl (C=O) groups is 1. The number of ether oxygens (including phenoxy) is 1. The molecule has 1 aromatic rings. The number of rotatable bonds is 5. The molecule has 0 aromatic heterocycles. The average molecular weight is 304 g/mol. The minimum Gasteiger partial charge on any atom is -0.494 e. The van der Waals surface area contributed by atoms with Gasteiger partial charge in [-0.3, -0.25) is 0 Å². The molecule has 0 aliphatic heterocycles. The molecule has 0 bridgehead atoms. The first-order valence-electron chi connectivity index (χ1n) is 8.33. The molecule has 0 saturated heterocycles. The Morgan fingerprint density at radius 3 is 2.59 bits per heavy atom. The molecule has 1 aliphatic rings. The van der Waals surface area contributed by atoms with Crippen molar-refractivity contribution < 1.29 is 9.53 Å². The average Bonchev–Trinajstić information content (AvgIpc) is 2.51. The molecule has 2 rings (SSSR count). The Labute approximate surface area is 133 Å². The summed E-state index contributed by atoms with van der Waals surface area (Å²) >= 11 is 0. The molecule has 0 radical (unpaired) electrons. The monoisotopic (exact) mass is 304 g/mol. The van der Waals surface area contributed by atoms with Gasteiger partial charge in [-0.25, -0.2) is 4.79 Å². The van der Waals surface area contributed by atoms with Crippen molar-refractivity contribution in [2.45, 2.75) is 52.1 Å². The highest BCUT2D eigenvalue weighted by molar-refractivity contribution is 5.74. The molecule has 2 amide bonds. The third-order valence-corrected chi connectivity index (χ3v) is 4.42. The summed E-state index contributed by atoms with van der Waals surface area (Å²) in [5.74, 6) is 1.45. The lowest BCUT2D eigenvalue weighted by atomic mass is 9.86. The number of hydrogen-bond donors (Lipinski definition) is 1. The Bertz CT molecular complexity index is 472. The van der Waals surface area contributed by atoms with Gasteiger partial charge >= 0.3 is 6.03 Å². The molecule has 122 valence electrons. The van der Waals surface area contributed by atoms with E-state index in [4.69, 9.17) is 4.74 Å². The zero-order valence-electron chi connectivity index (χ0n) is 14.0. The standard InChI is InChI=1S/C18H28N2O2/c1-4-22-16-11-9-15(10-12-16)13-20(3)18(21)19-17-8-6-5-7-14(17)2/h9-12,14,17H,4-8,13H2,1-3H3,(H,19,21). The fourth-order valence-corrected chi connectivity index (χ4v) is 3.00. The van der Waals surface area contributed by atoms with Gasteiger partial charge in [0.2, 0.25) is 0 Å². The van der Waals surface area contributed by atoms with Gasteiger partial charge in [-0.05, 0) is 43.4 Å². The van der Waals surface area contributed by atoms with Crippen molar-refractivity contribution in [2.24, 2.45) is 5.92 Å². The van der Waals surface area contributed by atoms with Gasteiger partial charge < -0.3 is 15.0 Å². The number of benzene rings is 1. The molecule has 1 saturated carbocycles. The molecule has 0 spiro atoms. The largest absolute Gasteiger partial charge is 0.494 e. The van der Waals surface area contributed by atoms with Gasteiger partial charge in [0, 0.05) is 19.6 Å². The smallest absolute Gasteiger partial charge is 0.317 e. The zero-order valence-corrected chi connectivity index (χ0v) is 14.0. The molecular formula is C18H28N2O2. The third kappa shape index (κ3) is 4.65. The number of amides is 2. The van der Waals surface area contributed by atoms with Crippen LogP contribution < -0.4 is 10.1 Å². The number of nitrogens with zero attached hydrogens (tertiary/aromatic N) is 1. The highest BCUT2D eigenvalue weighted by atomic mass is 16.5. The Morgan fingerprint density at radius 1 is 1.27 bits per heavy atom. The van der Waals surface area contributed by atoms with Crippen LogP contribution in [0.4, 0.5) is 4.79 Å². The SMILES string of the molecule is CCOc1ccc(CN(C)C(=O)NC2CCCCC2C)cc1. The number of urea groups is 1. The van der Waals surface area contributed by atoms with Crippen LogP contribution in [-0.4, -0.2) is 30.6 Å². The summed E-state index contributed by atoms with van der Waals surface area (Å²) in [6, 6.07) is 8.27. The minimum absolute atomic E-state index is 0.0210. The lowest BCUT2D eigenvalue weighted by molar-refractivity contribution is 0.190. The van der Waals surface area contributed by atoms with Crippen LogP contribution in [0.1, 0.15) is 45.1 Å². The molecule has 4 nitrogen and oxygen atoms in total. The van der Waals surface area contributed by atoms with Gasteiger partial charge in [0.1, 0.15) is 5.75 Å². The second kappa shape index (κ2) is 8.06. The predicted octanol–water partition coefficient (Wildman–Crippen LogP) is 3.81. The van der Waals surface area contributed by atoms with Crippen molar-refractivity contribution in [3.8, 4) is 5.75 Å². The van der Waals surface area contributed by atoms with Crippen molar-refractivity contribution in [2.75, 3.05) is 13.7 Å². The molecule has 1 aromatic carbocycles. The lowest BCUT2D eigenvalue weighted by Gasteiger charge is -2.31. The summed E-state index contributed by atoms with van der Waals surface area (Å²) < 4.78 is 5.43. The molecule has 2 atom stereocenters. The summed E-state index contributed by atoms with van der Waals surface area (Å²) in [6.07, 6.45) is 4.82. The summed E-state index contributed by atoms with van der Waals surface area (Å²) in [4.78, 5) is 14.1. The van der Waals surface area contributed by atoms with Gasteiger partial charge in [-0.15, -0.1) is 0 Å². The molecule has 2 unspecified atom stereocenters. The highest BCUT2D eigenvalue weighted by Crippen LogP contribution is 2.24. The second-order valence-electron chi connectivity index (χ2n) is 6.25. The van der Waals surface area contributed by atoms with Crippen LogP contribution >= 0.6 is 0 Å². The third-order valence-electron chi connectivity index (χ3n) is 4.42.